The van der Waals surface area contributed by atoms with Crippen LogP contribution in [0.2, 0.25) is 0 Å². The van der Waals surface area contributed by atoms with Crippen LogP contribution in [0.15, 0.2) is 97.1 Å². The molecule has 0 aliphatic rings. The highest BCUT2D eigenvalue weighted by Gasteiger charge is 2.16. The third kappa shape index (κ3) is 24.3. The molecule has 4 aromatic rings. The molecule has 16 heteroatoms. The normalized spacial score (nSPS) is 9.95. The van der Waals surface area contributed by atoms with Crippen LogP contribution in [0.1, 0.15) is 43.0 Å². The smallest absolute Gasteiger partial charge is 0.344 e. The van der Waals surface area contributed by atoms with Crippen molar-refractivity contribution >= 4 is 35.8 Å². The summed E-state index contributed by atoms with van der Waals surface area (Å²) < 4.78 is 24.4. The van der Waals surface area contributed by atoms with Crippen molar-refractivity contribution in [2.24, 2.45) is 0 Å². The van der Waals surface area contributed by atoms with E-state index in [9.17, 15) is 28.8 Å². The molecular formula is C42H48O16. The number of phenolic OH excluding ortho intramolecular Hbond substituents is 2. The van der Waals surface area contributed by atoms with Crippen LogP contribution in [0.25, 0.3) is 0 Å². The van der Waals surface area contributed by atoms with Crippen LogP contribution < -0.4 is 9.47 Å². The van der Waals surface area contributed by atoms with E-state index in [2.05, 4.69) is 9.47 Å². The minimum Gasteiger partial charge on any atom is -0.508 e. The fourth-order valence-corrected chi connectivity index (χ4v) is 4.31. The number of ether oxygens (including phenoxy) is 5. The van der Waals surface area contributed by atoms with E-state index in [1.165, 1.54) is 38.5 Å². The Balaban J connectivity index is 0.000000397. The summed E-state index contributed by atoms with van der Waals surface area (Å²) >= 11 is 0. The lowest BCUT2D eigenvalue weighted by Crippen LogP contribution is -2.27. The first-order valence-electron chi connectivity index (χ1n) is 17.3. The molecule has 0 saturated heterocycles. The first-order valence-corrected chi connectivity index (χ1v) is 17.3. The van der Waals surface area contributed by atoms with Crippen LogP contribution in [0, 0.1) is 0 Å². The van der Waals surface area contributed by atoms with E-state index < -0.39 is 36.1 Å². The van der Waals surface area contributed by atoms with Gasteiger partial charge in [-0.3, -0.25) is 19.2 Å². The average Bonchev–Trinajstić information content (AvgIpc) is 3.13. The number of carboxylic acids is 3. The highest BCUT2D eigenvalue weighted by molar-refractivity contribution is 5.74. The van der Waals surface area contributed by atoms with E-state index in [4.69, 9.17) is 39.7 Å². The van der Waals surface area contributed by atoms with E-state index in [0.717, 1.165) is 11.1 Å². The summed E-state index contributed by atoms with van der Waals surface area (Å²) in [4.78, 5) is 64.3. The van der Waals surface area contributed by atoms with E-state index in [-0.39, 0.29) is 55.7 Å². The van der Waals surface area contributed by atoms with Crippen molar-refractivity contribution < 1.29 is 78.0 Å². The topological polar surface area (TPSA) is 250 Å². The number of phenols is 2. The minimum atomic E-state index is -1.07. The molecule has 0 heterocycles. The van der Waals surface area contributed by atoms with Gasteiger partial charge in [0.15, 0.2) is 13.2 Å². The van der Waals surface area contributed by atoms with Gasteiger partial charge in [-0.25, -0.2) is 9.59 Å². The van der Waals surface area contributed by atoms with Gasteiger partial charge in [0.2, 0.25) is 0 Å². The van der Waals surface area contributed by atoms with Gasteiger partial charge in [0.25, 0.3) is 0 Å². The molecule has 4 aromatic carbocycles. The lowest BCUT2D eigenvalue weighted by molar-refractivity contribution is -0.157. The fourth-order valence-electron chi connectivity index (χ4n) is 4.31. The van der Waals surface area contributed by atoms with Crippen molar-refractivity contribution in [1.82, 2.24) is 0 Å². The Kier molecular flexibility index (Phi) is 21.8. The summed E-state index contributed by atoms with van der Waals surface area (Å²) in [5.74, 6) is -2.83. The molecule has 58 heavy (non-hydrogen) atoms. The molecule has 0 atom stereocenters. The molecule has 0 spiro atoms. The molecule has 0 radical (unpaired) electrons. The molecule has 312 valence electrons. The first-order chi connectivity index (χ1) is 27.3. The average molecular weight is 809 g/mol. The van der Waals surface area contributed by atoms with Gasteiger partial charge >= 0.3 is 35.8 Å². The van der Waals surface area contributed by atoms with E-state index in [1.807, 2.05) is 0 Å². The monoisotopic (exact) mass is 808 g/mol. The quantitative estimate of drug-likeness (QED) is 0.0828. The van der Waals surface area contributed by atoms with Gasteiger partial charge in [0.05, 0.1) is 39.9 Å². The number of carbonyl (C=O) groups excluding carboxylic acids is 3. The van der Waals surface area contributed by atoms with Crippen LogP contribution in [-0.2, 0) is 68.7 Å². The van der Waals surface area contributed by atoms with Crippen molar-refractivity contribution in [2.45, 2.75) is 52.1 Å². The molecule has 0 saturated carbocycles. The first kappa shape index (κ1) is 48.9. The zero-order valence-electron chi connectivity index (χ0n) is 32.7. The summed E-state index contributed by atoms with van der Waals surface area (Å²) in [7, 11) is 2.68. The number of hydrogen-bond donors (Lipinski definition) is 5. The zero-order chi connectivity index (χ0) is 43.7. The maximum absolute atomic E-state index is 11.5. The number of benzene rings is 4. The van der Waals surface area contributed by atoms with Gasteiger partial charge in [-0.2, -0.15) is 0 Å². The number of aliphatic carboxylic acids is 3. The Labute approximate surface area is 335 Å². The molecule has 0 aliphatic heterocycles. The lowest BCUT2D eigenvalue weighted by atomic mass is 10.1. The van der Waals surface area contributed by atoms with Crippen LogP contribution in [0.5, 0.6) is 23.0 Å². The maximum Gasteiger partial charge on any atom is 0.344 e. The standard InChI is InChI=1S/C15H20O5.C10H10O5.C9H10O3.C8H8O3/c1-15(2,3)20-14(17)10-19-12-7-5-6-11(8-12)9-13(16)18-4;11-9(12)5-7-2-1-3-8(4-7)15-6-10(13)14;1-12-9(11)6-7-3-2-4-8(10)5-7;9-7-3-1-2-6(4-7)5-8(10)11/h5-8H,9-10H2,1-4H3;1-4H,5-6H2,(H,11,12)(H,13,14);2-5,10H,6H2,1H3;1-4,9H,5H2,(H,10,11). The van der Waals surface area contributed by atoms with Crippen molar-refractivity contribution in [3.05, 3.63) is 119 Å². The summed E-state index contributed by atoms with van der Waals surface area (Å²) in [5, 5.41) is 43.3. The summed E-state index contributed by atoms with van der Waals surface area (Å²) in [6.45, 7) is 4.78. The predicted molar refractivity (Wildman–Crippen MR) is 208 cm³/mol. The van der Waals surface area contributed by atoms with Crippen molar-refractivity contribution in [1.29, 1.82) is 0 Å². The molecule has 0 unspecified atom stereocenters. The number of aromatic hydroxyl groups is 2. The Morgan fingerprint density at radius 3 is 1.21 bits per heavy atom. The van der Waals surface area contributed by atoms with Crippen LogP contribution >= 0.6 is 0 Å². The SMILES string of the molecule is COC(=O)Cc1cccc(O)c1.COC(=O)Cc1cccc(OCC(=O)OC(C)(C)C)c1.O=C(O)COc1cccc(CC(=O)O)c1.O=C(O)Cc1cccc(O)c1. The highest BCUT2D eigenvalue weighted by atomic mass is 16.6. The van der Waals surface area contributed by atoms with Crippen molar-refractivity contribution in [2.75, 3.05) is 27.4 Å². The predicted octanol–water partition coefficient (Wildman–Crippen LogP) is 5.03. The molecule has 16 nitrogen and oxygen atoms in total. The Hall–Kier alpha value is -7.10. The highest BCUT2D eigenvalue weighted by Crippen LogP contribution is 2.16. The summed E-state index contributed by atoms with van der Waals surface area (Å²) in [5.41, 5.74) is 2.16. The van der Waals surface area contributed by atoms with Crippen LogP contribution in [0.3, 0.4) is 0 Å². The minimum absolute atomic E-state index is 0.0472. The largest absolute Gasteiger partial charge is 0.508 e. The molecule has 0 bridgehead atoms. The second kappa shape index (κ2) is 25.9. The van der Waals surface area contributed by atoms with E-state index >= 15 is 0 Å². The second-order valence-electron chi connectivity index (χ2n) is 12.8. The van der Waals surface area contributed by atoms with Crippen molar-refractivity contribution in [3.8, 4) is 23.0 Å². The Bertz CT molecular complexity index is 1950. The third-order valence-electron chi connectivity index (χ3n) is 6.62. The van der Waals surface area contributed by atoms with Gasteiger partial charge in [-0.15, -0.1) is 0 Å². The van der Waals surface area contributed by atoms with Crippen LogP contribution in [-0.4, -0.2) is 94.4 Å². The van der Waals surface area contributed by atoms with Crippen LogP contribution in [0.4, 0.5) is 0 Å². The van der Waals surface area contributed by atoms with Gasteiger partial charge in [0.1, 0.15) is 28.6 Å². The van der Waals surface area contributed by atoms with Gasteiger partial charge in [-0.05, 0) is 91.6 Å². The fraction of sp³-hybridized carbons (Fsp3) is 0.286. The number of hydrogen-bond acceptors (Lipinski definition) is 13. The molecule has 0 amide bonds. The van der Waals surface area contributed by atoms with Gasteiger partial charge < -0.3 is 49.2 Å². The Morgan fingerprint density at radius 2 is 0.845 bits per heavy atom. The maximum atomic E-state index is 11.5. The lowest BCUT2D eigenvalue weighted by Gasteiger charge is -2.19. The molecule has 0 aromatic heterocycles. The molecule has 5 N–H and O–H groups in total. The van der Waals surface area contributed by atoms with E-state index in [1.54, 1.807) is 93.6 Å². The summed E-state index contributed by atoms with van der Waals surface area (Å²) in [6, 6.07) is 26.1. The molecule has 0 aliphatic carbocycles. The van der Waals surface area contributed by atoms with E-state index in [0.29, 0.717) is 22.6 Å². The number of carbonyl (C=O) groups is 6. The third-order valence-corrected chi connectivity index (χ3v) is 6.62. The van der Waals surface area contributed by atoms with Crippen molar-refractivity contribution in [3.63, 3.8) is 0 Å². The number of methoxy groups -OCH3 is 2. The number of esters is 3. The molecular weight excluding hydrogens is 760 g/mol. The molecule has 0 fully saturated rings. The Morgan fingerprint density at radius 1 is 0.483 bits per heavy atom. The summed E-state index contributed by atoms with van der Waals surface area (Å²) in [6.07, 6.45) is 0.212. The molecule has 4 rings (SSSR count). The van der Waals surface area contributed by atoms with Gasteiger partial charge in [0, 0.05) is 0 Å². The zero-order valence-corrected chi connectivity index (χ0v) is 32.7. The van der Waals surface area contributed by atoms with Gasteiger partial charge in [-0.1, -0.05) is 48.5 Å². The second-order valence-corrected chi connectivity index (χ2v) is 12.8. The number of carboxylic acid groups (broad SMARTS) is 3. The number of rotatable bonds is 14.